The molecule has 20 heavy (non-hydrogen) atoms. The summed E-state index contributed by atoms with van der Waals surface area (Å²) in [5.41, 5.74) is 1.98. The zero-order chi connectivity index (χ0) is 13.9. The number of benzene rings is 1. The van der Waals surface area contributed by atoms with E-state index in [1.165, 1.54) is 12.3 Å². The minimum absolute atomic E-state index is 0.0897. The maximum atomic E-state index is 13.5. The molecule has 0 saturated heterocycles. The summed E-state index contributed by atoms with van der Waals surface area (Å²) in [5, 5.41) is 0. The van der Waals surface area contributed by atoms with Gasteiger partial charge in [0.2, 0.25) is 0 Å². The summed E-state index contributed by atoms with van der Waals surface area (Å²) < 4.78 is 19.0. The van der Waals surface area contributed by atoms with Crippen molar-refractivity contribution >= 4 is 5.78 Å². The number of fused-ring (bicyclic) bond motifs is 1. The number of rotatable bonds is 3. The van der Waals surface area contributed by atoms with Gasteiger partial charge in [-0.25, -0.2) is 9.37 Å². The monoisotopic (exact) mass is 271 g/mol. The van der Waals surface area contributed by atoms with Crippen molar-refractivity contribution in [3.8, 4) is 5.75 Å². The summed E-state index contributed by atoms with van der Waals surface area (Å²) in [6, 6.07) is 8.34. The molecule has 0 bridgehead atoms. The van der Waals surface area contributed by atoms with Crippen LogP contribution in [-0.4, -0.2) is 10.8 Å². The highest BCUT2D eigenvalue weighted by Crippen LogP contribution is 2.23. The molecule has 1 aromatic heterocycles. The zero-order valence-electron chi connectivity index (χ0n) is 10.9. The van der Waals surface area contributed by atoms with Gasteiger partial charge in [0, 0.05) is 12.0 Å². The van der Waals surface area contributed by atoms with Gasteiger partial charge in [-0.1, -0.05) is 18.2 Å². The Kier molecular flexibility index (Phi) is 3.46. The number of carbonyl (C=O) groups excluding carboxylic acids is 1. The van der Waals surface area contributed by atoms with Crippen molar-refractivity contribution in [1.82, 2.24) is 4.98 Å². The Morgan fingerprint density at radius 3 is 2.95 bits per heavy atom. The van der Waals surface area contributed by atoms with Crippen molar-refractivity contribution in [3.63, 3.8) is 0 Å². The van der Waals surface area contributed by atoms with E-state index >= 15 is 0 Å². The first kappa shape index (κ1) is 12.8. The quantitative estimate of drug-likeness (QED) is 0.859. The second kappa shape index (κ2) is 5.41. The third-order valence-electron chi connectivity index (χ3n) is 3.41. The fourth-order valence-electron chi connectivity index (χ4n) is 2.34. The van der Waals surface area contributed by atoms with E-state index in [-0.39, 0.29) is 18.2 Å². The van der Waals surface area contributed by atoms with E-state index in [2.05, 4.69) is 4.98 Å². The van der Waals surface area contributed by atoms with Crippen molar-refractivity contribution in [2.45, 2.75) is 25.9 Å². The van der Waals surface area contributed by atoms with Crippen LogP contribution in [0, 0.1) is 5.82 Å². The first-order valence-electron chi connectivity index (χ1n) is 6.62. The number of hydrogen-bond acceptors (Lipinski definition) is 3. The number of aryl methyl sites for hydroxylation is 1. The van der Waals surface area contributed by atoms with Crippen LogP contribution in [0.1, 0.15) is 34.5 Å². The van der Waals surface area contributed by atoms with E-state index in [0.717, 1.165) is 18.4 Å². The van der Waals surface area contributed by atoms with Gasteiger partial charge in [0.1, 0.15) is 23.9 Å². The molecule has 1 aliphatic carbocycles. The van der Waals surface area contributed by atoms with Gasteiger partial charge in [-0.2, -0.15) is 0 Å². The van der Waals surface area contributed by atoms with Crippen molar-refractivity contribution in [3.05, 3.63) is 59.2 Å². The van der Waals surface area contributed by atoms with E-state index in [9.17, 15) is 9.18 Å². The van der Waals surface area contributed by atoms with E-state index in [4.69, 9.17) is 4.74 Å². The number of Topliss-reactive ketones (excluding diaryl/α,β-unsaturated/α-hetero) is 1. The third-order valence-corrected chi connectivity index (χ3v) is 3.41. The lowest BCUT2D eigenvalue weighted by Gasteiger charge is -2.15. The molecule has 0 spiro atoms. The zero-order valence-corrected chi connectivity index (χ0v) is 10.9. The lowest BCUT2D eigenvalue weighted by Crippen LogP contribution is -2.13. The molecule has 0 atom stereocenters. The lowest BCUT2D eigenvalue weighted by atomic mass is 9.95. The first-order chi connectivity index (χ1) is 9.74. The van der Waals surface area contributed by atoms with Crippen molar-refractivity contribution in [2.24, 2.45) is 0 Å². The number of ketones is 1. The highest BCUT2D eigenvalue weighted by molar-refractivity contribution is 5.96. The minimum atomic E-state index is -0.284. The summed E-state index contributed by atoms with van der Waals surface area (Å²) in [6.45, 7) is 0.154. The molecule has 102 valence electrons. The van der Waals surface area contributed by atoms with Gasteiger partial charge in [-0.05, 0) is 30.5 Å². The Balaban J connectivity index is 1.76. The van der Waals surface area contributed by atoms with Gasteiger partial charge in [0.05, 0.1) is 6.20 Å². The average Bonchev–Trinajstić information content (AvgIpc) is 2.46. The number of nitrogens with zero attached hydrogens (tertiary/aromatic N) is 1. The molecule has 0 amide bonds. The fraction of sp³-hybridized carbons (Fsp3) is 0.250. The molecule has 1 aliphatic rings. The molecular weight excluding hydrogens is 257 g/mol. The molecule has 0 N–H and O–H groups in total. The van der Waals surface area contributed by atoms with Crippen LogP contribution >= 0.6 is 0 Å². The Bertz CT molecular complexity index is 655. The van der Waals surface area contributed by atoms with Gasteiger partial charge < -0.3 is 4.74 Å². The van der Waals surface area contributed by atoms with Crippen LogP contribution in [0.2, 0.25) is 0 Å². The standard InChI is InChI=1S/C16H14FNO2/c17-14-6-2-1-4-12(14)10-20-13-8-11-5-3-7-15(19)16(11)18-9-13/h1-2,4,6,8-9H,3,5,7,10H2. The van der Waals surface area contributed by atoms with Crippen LogP contribution in [0.3, 0.4) is 0 Å². The summed E-state index contributed by atoms with van der Waals surface area (Å²) >= 11 is 0. The second-order valence-corrected chi connectivity index (χ2v) is 4.84. The molecule has 3 rings (SSSR count). The summed E-state index contributed by atoms with van der Waals surface area (Å²) in [4.78, 5) is 15.8. The van der Waals surface area contributed by atoms with Crippen LogP contribution in [-0.2, 0) is 13.0 Å². The Hall–Kier alpha value is -2.23. The van der Waals surface area contributed by atoms with Gasteiger partial charge in [-0.3, -0.25) is 4.79 Å². The highest BCUT2D eigenvalue weighted by Gasteiger charge is 2.19. The van der Waals surface area contributed by atoms with Crippen molar-refractivity contribution < 1.29 is 13.9 Å². The van der Waals surface area contributed by atoms with Crippen molar-refractivity contribution in [1.29, 1.82) is 0 Å². The number of carbonyl (C=O) groups is 1. The van der Waals surface area contributed by atoms with Crippen LogP contribution in [0.5, 0.6) is 5.75 Å². The van der Waals surface area contributed by atoms with Gasteiger partial charge in [0.25, 0.3) is 0 Å². The number of hydrogen-bond donors (Lipinski definition) is 0. The van der Waals surface area contributed by atoms with E-state index in [1.54, 1.807) is 18.2 Å². The third kappa shape index (κ3) is 2.54. The lowest BCUT2D eigenvalue weighted by molar-refractivity contribution is 0.0967. The van der Waals surface area contributed by atoms with Crippen LogP contribution in [0.15, 0.2) is 36.5 Å². The predicted octanol–water partition coefficient (Wildman–Crippen LogP) is 3.32. The molecular formula is C16H14FNO2. The topological polar surface area (TPSA) is 39.2 Å². The number of ether oxygens (including phenoxy) is 1. The molecule has 2 aromatic rings. The normalized spacial score (nSPS) is 13.9. The predicted molar refractivity (Wildman–Crippen MR) is 72.2 cm³/mol. The Labute approximate surface area is 116 Å². The van der Waals surface area contributed by atoms with E-state index < -0.39 is 0 Å². The largest absolute Gasteiger partial charge is 0.487 e. The highest BCUT2D eigenvalue weighted by atomic mass is 19.1. The molecule has 3 nitrogen and oxygen atoms in total. The molecule has 0 saturated carbocycles. The maximum absolute atomic E-state index is 13.5. The van der Waals surface area contributed by atoms with Gasteiger partial charge in [-0.15, -0.1) is 0 Å². The Morgan fingerprint density at radius 1 is 1.25 bits per heavy atom. The molecule has 4 heteroatoms. The molecule has 0 fully saturated rings. The summed E-state index contributed by atoms with van der Waals surface area (Å²) in [7, 11) is 0. The SMILES string of the molecule is O=C1CCCc2cc(OCc3ccccc3F)cnc21. The van der Waals surface area contributed by atoms with Crippen molar-refractivity contribution in [2.75, 3.05) is 0 Å². The van der Waals surface area contributed by atoms with Crippen LogP contribution in [0.25, 0.3) is 0 Å². The summed E-state index contributed by atoms with van der Waals surface area (Å²) in [6.07, 6.45) is 3.79. The Morgan fingerprint density at radius 2 is 2.10 bits per heavy atom. The number of aromatic nitrogens is 1. The molecule has 0 radical (unpaired) electrons. The van der Waals surface area contributed by atoms with E-state index in [0.29, 0.717) is 23.4 Å². The maximum Gasteiger partial charge on any atom is 0.181 e. The fourth-order valence-corrected chi connectivity index (χ4v) is 2.34. The van der Waals surface area contributed by atoms with Crippen LogP contribution in [0.4, 0.5) is 4.39 Å². The van der Waals surface area contributed by atoms with Gasteiger partial charge in [0.15, 0.2) is 5.78 Å². The average molecular weight is 271 g/mol. The molecule has 1 aromatic carbocycles. The molecule has 0 unspecified atom stereocenters. The smallest absolute Gasteiger partial charge is 0.181 e. The minimum Gasteiger partial charge on any atom is -0.487 e. The molecule has 1 heterocycles. The molecule has 0 aliphatic heterocycles. The number of pyridine rings is 1. The van der Waals surface area contributed by atoms with Crippen LogP contribution < -0.4 is 4.74 Å². The second-order valence-electron chi connectivity index (χ2n) is 4.84. The van der Waals surface area contributed by atoms with Gasteiger partial charge >= 0.3 is 0 Å². The first-order valence-corrected chi connectivity index (χ1v) is 6.62. The number of halogens is 1. The van der Waals surface area contributed by atoms with E-state index in [1.807, 2.05) is 6.07 Å². The summed E-state index contributed by atoms with van der Waals surface area (Å²) in [5.74, 6) is 0.377.